The van der Waals surface area contributed by atoms with Crippen molar-refractivity contribution in [1.82, 2.24) is 9.97 Å². The zero-order valence-corrected chi connectivity index (χ0v) is 9.09. The van der Waals surface area contributed by atoms with Crippen LogP contribution in [0.1, 0.15) is 18.5 Å². The number of anilines is 2. The molecule has 0 saturated carbocycles. The second-order valence-electron chi connectivity index (χ2n) is 3.62. The van der Waals surface area contributed by atoms with Gasteiger partial charge in [0.05, 0.1) is 23.6 Å². The maximum atomic E-state index is 5.81. The van der Waals surface area contributed by atoms with E-state index < -0.39 is 0 Å². The first-order valence-electron chi connectivity index (χ1n) is 5.13. The van der Waals surface area contributed by atoms with Crippen LogP contribution in [-0.4, -0.2) is 9.97 Å². The molecule has 0 fully saturated rings. The molecule has 16 heavy (non-hydrogen) atoms. The third-order valence-corrected chi connectivity index (χ3v) is 2.41. The van der Waals surface area contributed by atoms with E-state index in [0.29, 0.717) is 5.69 Å². The average molecular weight is 214 g/mol. The van der Waals surface area contributed by atoms with Crippen LogP contribution in [0.2, 0.25) is 0 Å². The Hall–Kier alpha value is -2.10. The van der Waals surface area contributed by atoms with E-state index in [4.69, 9.17) is 5.73 Å². The molecule has 2 aromatic heterocycles. The second kappa shape index (κ2) is 4.61. The van der Waals surface area contributed by atoms with E-state index in [9.17, 15) is 0 Å². The second-order valence-corrected chi connectivity index (χ2v) is 3.62. The molecule has 3 N–H and O–H groups in total. The van der Waals surface area contributed by atoms with Crippen LogP contribution in [0.3, 0.4) is 0 Å². The summed E-state index contributed by atoms with van der Waals surface area (Å²) < 4.78 is 0. The summed E-state index contributed by atoms with van der Waals surface area (Å²) in [4.78, 5) is 8.03. The van der Waals surface area contributed by atoms with Crippen LogP contribution in [0.4, 0.5) is 11.4 Å². The Morgan fingerprint density at radius 1 is 1.19 bits per heavy atom. The molecule has 2 rings (SSSR count). The Bertz CT molecular complexity index is 456. The highest BCUT2D eigenvalue weighted by atomic mass is 14.9. The highest BCUT2D eigenvalue weighted by molar-refractivity contribution is 5.64. The number of nitrogens with two attached hydrogens (primary N) is 1. The normalized spacial score (nSPS) is 12.1. The highest BCUT2D eigenvalue weighted by Gasteiger charge is 2.06. The molecular weight excluding hydrogens is 200 g/mol. The van der Waals surface area contributed by atoms with Crippen LogP contribution in [0.15, 0.2) is 43.0 Å². The van der Waals surface area contributed by atoms with Gasteiger partial charge in [-0.05, 0) is 24.6 Å². The van der Waals surface area contributed by atoms with Crippen molar-refractivity contribution in [1.29, 1.82) is 0 Å². The summed E-state index contributed by atoms with van der Waals surface area (Å²) in [6.45, 7) is 2.07. The Balaban J connectivity index is 2.14. The van der Waals surface area contributed by atoms with Crippen LogP contribution in [0, 0.1) is 0 Å². The molecule has 1 unspecified atom stereocenters. The van der Waals surface area contributed by atoms with E-state index in [1.54, 1.807) is 18.6 Å². The van der Waals surface area contributed by atoms with E-state index in [2.05, 4.69) is 22.2 Å². The first-order chi connectivity index (χ1) is 7.77. The monoisotopic (exact) mass is 214 g/mol. The number of nitrogen functional groups attached to an aromatic ring is 1. The minimum absolute atomic E-state index is 0.165. The van der Waals surface area contributed by atoms with Gasteiger partial charge in [-0.15, -0.1) is 0 Å². The van der Waals surface area contributed by atoms with Gasteiger partial charge in [0.15, 0.2) is 0 Å². The summed E-state index contributed by atoms with van der Waals surface area (Å²) in [6, 6.07) is 5.98. The average Bonchev–Trinajstić information content (AvgIpc) is 2.33. The molecule has 0 aliphatic heterocycles. The number of hydrogen-bond acceptors (Lipinski definition) is 4. The topological polar surface area (TPSA) is 63.8 Å². The molecule has 1 atom stereocenters. The van der Waals surface area contributed by atoms with Gasteiger partial charge in [0.25, 0.3) is 0 Å². The van der Waals surface area contributed by atoms with E-state index in [1.165, 1.54) is 0 Å². The summed E-state index contributed by atoms with van der Waals surface area (Å²) in [5.41, 5.74) is 8.48. The molecule has 0 aliphatic carbocycles. The predicted octanol–water partition coefficient (Wildman–Crippen LogP) is 2.23. The van der Waals surface area contributed by atoms with Crippen LogP contribution in [0.25, 0.3) is 0 Å². The van der Waals surface area contributed by atoms with Crippen molar-refractivity contribution in [2.75, 3.05) is 11.1 Å². The van der Waals surface area contributed by atoms with Crippen LogP contribution in [0.5, 0.6) is 0 Å². The van der Waals surface area contributed by atoms with Crippen molar-refractivity contribution in [3.05, 3.63) is 48.5 Å². The quantitative estimate of drug-likeness (QED) is 0.822. The molecule has 4 nitrogen and oxygen atoms in total. The van der Waals surface area contributed by atoms with Crippen molar-refractivity contribution < 1.29 is 0 Å². The van der Waals surface area contributed by atoms with Crippen LogP contribution >= 0.6 is 0 Å². The molecule has 0 bridgehead atoms. The molecule has 0 saturated heterocycles. The van der Waals surface area contributed by atoms with Crippen LogP contribution in [-0.2, 0) is 0 Å². The number of rotatable bonds is 3. The number of nitrogens with one attached hydrogen (secondary N) is 1. The standard InChI is InChI=1S/C12H14N4/c1-9(10-3-2-5-14-7-10)16-12-4-6-15-8-11(12)13/h2-9H,13H2,1H3,(H,15,16). The maximum absolute atomic E-state index is 5.81. The fourth-order valence-electron chi connectivity index (χ4n) is 1.49. The molecule has 0 aliphatic rings. The summed E-state index contributed by atoms with van der Waals surface area (Å²) in [7, 11) is 0. The lowest BCUT2D eigenvalue weighted by Crippen LogP contribution is -2.08. The largest absolute Gasteiger partial charge is 0.396 e. The number of nitrogens with zero attached hydrogens (tertiary/aromatic N) is 2. The Morgan fingerprint density at radius 2 is 2.00 bits per heavy atom. The van der Waals surface area contributed by atoms with E-state index in [-0.39, 0.29) is 6.04 Å². The molecular formula is C12H14N4. The molecule has 2 aromatic rings. The lowest BCUT2D eigenvalue weighted by atomic mass is 10.1. The van der Waals surface area contributed by atoms with Crippen molar-refractivity contribution in [3.63, 3.8) is 0 Å². The number of aromatic nitrogens is 2. The Kier molecular flexibility index (Phi) is 3.00. The van der Waals surface area contributed by atoms with Crippen molar-refractivity contribution in [2.45, 2.75) is 13.0 Å². The van der Waals surface area contributed by atoms with Crippen LogP contribution < -0.4 is 11.1 Å². The smallest absolute Gasteiger partial charge is 0.0736 e. The van der Waals surface area contributed by atoms with Gasteiger partial charge in [-0.2, -0.15) is 0 Å². The SMILES string of the molecule is CC(Nc1ccncc1N)c1cccnc1. The highest BCUT2D eigenvalue weighted by Crippen LogP contribution is 2.22. The zero-order valence-electron chi connectivity index (χ0n) is 9.09. The summed E-state index contributed by atoms with van der Waals surface area (Å²) >= 11 is 0. The minimum Gasteiger partial charge on any atom is -0.396 e. The van der Waals surface area contributed by atoms with Crippen molar-refractivity contribution >= 4 is 11.4 Å². The third kappa shape index (κ3) is 2.28. The number of pyridine rings is 2. The van der Waals surface area contributed by atoms with Gasteiger partial charge in [-0.1, -0.05) is 6.07 Å². The fraction of sp³-hybridized carbons (Fsp3) is 0.167. The lowest BCUT2D eigenvalue weighted by Gasteiger charge is -2.16. The van der Waals surface area contributed by atoms with Crippen molar-refractivity contribution in [2.24, 2.45) is 0 Å². The molecule has 0 radical (unpaired) electrons. The zero-order chi connectivity index (χ0) is 11.4. The first-order valence-corrected chi connectivity index (χ1v) is 5.13. The third-order valence-electron chi connectivity index (χ3n) is 2.41. The number of hydrogen-bond donors (Lipinski definition) is 2. The summed E-state index contributed by atoms with van der Waals surface area (Å²) in [5.74, 6) is 0. The fourth-order valence-corrected chi connectivity index (χ4v) is 1.49. The molecule has 2 heterocycles. The predicted molar refractivity (Wildman–Crippen MR) is 64.9 cm³/mol. The van der Waals surface area contributed by atoms with Gasteiger partial charge >= 0.3 is 0 Å². The van der Waals surface area contributed by atoms with Gasteiger partial charge in [-0.25, -0.2) is 0 Å². The summed E-state index contributed by atoms with van der Waals surface area (Å²) in [6.07, 6.45) is 6.96. The minimum atomic E-state index is 0.165. The molecule has 0 spiro atoms. The van der Waals surface area contributed by atoms with E-state index in [1.807, 2.05) is 24.4 Å². The van der Waals surface area contributed by atoms with Gasteiger partial charge in [-0.3, -0.25) is 9.97 Å². The Morgan fingerprint density at radius 3 is 2.69 bits per heavy atom. The lowest BCUT2D eigenvalue weighted by molar-refractivity contribution is 0.876. The molecule has 0 aromatic carbocycles. The van der Waals surface area contributed by atoms with Gasteiger partial charge in [0.1, 0.15) is 0 Å². The summed E-state index contributed by atoms with van der Waals surface area (Å²) in [5, 5.41) is 3.32. The molecule has 82 valence electrons. The van der Waals surface area contributed by atoms with E-state index >= 15 is 0 Å². The first kappa shape index (κ1) is 10.4. The van der Waals surface area contributed by atoms with Gasteiger partial charge in [0, 0.05) is 18.6 Å². The van der Waals surface area contributed by atoms with Gasteiger partial charge < -0.3 is 11.1 Å². The Labute approximate surface area is 94.5 Å². The molecule has 4 heteroatoms. The molecule has 0 amide bonds. The van der Waals surface area contributed by atoms with Gasteiger partial charge in [0.2, 0.25) is 0 Å². The van der Waals surface area contributed by atoms with Crippen molar-refractivity contribution in [3.8, 4) is 0 Å². The maximum Gasteiger partial charge on any atom is 0.0736 e. The van der Waals surface area contributed by atoms with E-state index in [0.717, 1.165) is 11.3 Å².